The Morgan fingerprint density at radius 2 is 0.947 bits per heavy atom. The number of hydrogen-bond donors (Lipinski definition) is 0. The van der Waals surface area contributed by atoms with E-state index < -0.39 is 0 Å². The summed E-state index contributed by atoms with van der Waals surface area (Å²) in [6.45, 7) is 4.59. The third kappa shape index (κ3) is 2.45. The van der Waals surface area contributed by atoms with E-state index in [0.29, 0.717) is 0 Å². The van der Waals surface area contributed by atoms with E-state index in [1.54, 1.807) is 11.1 Å². The van der Waals surface area contributed by atoms with Gasteiger partial charge in [0.1, 0.15) is 0 Å². The molecule has 4 bridgehead atoms. The SMILES string of the molecule is Cc1c2cccc1CCc1cccc(c1C)CCC2. The van der Waals surface area contributed by atoms with Crippen molar-refractivity contribution >= 4 is 0 Å². The molecule has 0 unspecified atom stereocenters. The molecular weight excluding hydrogens is 228 g/mol. The number of hydrogen-bond acceptors (Lipinski definition) is 0. The van der Waals surface area contributed by atoms with Gasteiger partial charge >= 0.3 is 0 Å². The summed E-state index contributed by atoms with van der Waals surface area (Å²) in [4.78, 5) is 0. The lowest BCUT2D eigenvalue weighted by atomic mass is 9.94. The average Bonchev–Trinajstić information content (AvgIpc) is 2.42. The molecule has 1 aliphatic carbocycles. The van der Waals surface area contributed by atoms with Crippen molar-refractivity contribution in [2.24, 2.45) is 0 Å². The summed E-state index contributed by atoms with van der Waals surface area (Å²) in [6.07, 6.45) is 6.02. The lowest BCUT2D eigenvalue weighted by molar-refractivity contribution is 0.811. The summed E-state index contributed by atoms with van der Waals surface area (Å²) in [5.41, 5.74) is 9.20. The minimum absolute atomic E-state index is 1.17. The van der Waals surface area contributed by atoms with Crippen molar-refractivity contribution in [3.05, 3.63) is 69.8 Å². The van der Waals surface area contributed by atoms with Crippen LogP contribution in [0.3, 0.4) is 0 Å². The molecule has 2 aromatic carbocycles. The Morgan fingerprint density at radius 3 is 1.37 bits per heavy atom. The van der Waals surface area contributed by atoms with E-state index in [1.807, 2.05) is 0 Å². The molecule has 0 radical (unpaired) electrons. The smallest absolute Gasteiger partial charge is 0.0235 e. The highest BCUT2D eigenvalue weighted by molar-refractivity contribution is 5.38. The van der Waals surface area contributed by atoms with Crippen molar-refractivity contribution in [3.8, 4) is 0 Å². The van der Waals surface area contributed by atoms with E-state index in [9.17, 15) is 0 Å². The summed E-state index contributed by atoms with van der Waals surface area (Å²) < 4.78 is 0. The second kappa shape index (κ2) is 5.21. The summed E-state index contributed by atoms with van der Waals surface area (Å²) in [5, 5.41) is 0. The van der Waals surface area contributed by atoms with E-state index in [-0.39, 0.29) is 0 Å². The monoisotopic (exact) mass is 250 g/mol. The van der Waals surface area contributed by atoms with Crippen LogP contribution in [0.4, 0.5) is 0 Å². The molecule has 0 saturated heterocycles. The van der Waals surface area contributed by atoms with Crippen LogP contribution in [0, 0.1) is 13.8 Å². The molecule has 0 atom stereocenters. The molecule has 0 amide bonds. The van der Waals surface area contributed by atoms with Gasteiger partial charge in [-0.1, -0.05) is 36.4 Å². The van der Waals surface area contributed by atoms with Crippen molar-refractivity contribution in [2.45, 2.75) is 46.0 Å². The Morgan fingerprint density at radius 1 is 0.579 bits per heavy atom. The Kier molecular flexibility index (Phi) is 3.42. The Labute approximate surface area is 116 Å². The van der Waals surface area contributed by atoms with Crippen LogP contribution >= 0.6 is 0 Å². The largest absolute Gasteiger partial charge is 0.0617 e. The number of aryl methyl sites for hydroxylation is 4. The van der Waals surface area contributed by atoms with Gasteiger partial charge in [0.2, 0.25) is 0 Å². The van der Waals surface area contributed by atoms with Crippen LogP contribution < -0.4 is 0 Å². The Bertz CT molecular complexity index is 539. The van der Waals surface area contributed by atoms with Crippen LogP contribution in [0.15, 0.2) is 36.4 Å². The van der Waals surface area contributed by atoms with Crippen LogP contribution in [-0.2, 0) is 25.7 Å². The normalized spacial score (nSPS) is 14.8. The first-order chi connectivity index (χ1) is 9.25. The van der Waals surface area contributed by atoms with Gasteiger partial charge in [-0.25, -0.2) is 0 Å². The first-order valence-electron chi connectivity index (χ1n) is 7.40. The maximum absolute atomic E-state index is 2.30. The van der Waals surface area contributed by atoms with E-state index in [1.165, 1.54) is 54.4 Å². The molecule has 19 heavy (non-hydrogen) atoms. The molecule has 2 aromatic rings. The van der Waals surface area contributed by atoms with E-state index in [0.717, 1.165) is 0 Å². The van der Waals surface area contributed by atoms with Gasteiger partial charge in [-0.2, -0.15) is 0 Å². The molecule has 0 fully saturated rings. The van der Waals surface area contributed by atoms with Gasteiger partial charge in [0.25, 0.3) is 0 Å². The maximum atomic E-state index is 2.30. The summed E-state index contributed by atoms with van der Waals surface area (Å²) in [5.74, 6) is 0. The number of fused-ring (bicyclic) bond motifs is 4. The molecule has 0 heterocycles. The fourth-order valence-corrected chi connectivity index (χ4v) is 3.30. The average molecular weight is 250 g/mol. The third-order valence-corrected chi connectivity index (χ3v) is 4.67. The molecule has 98 valence electrons. The number of benzene rings is 2. The zero-order valence-corrected chi connectivity index (χ0v) is 12.0. The molecular formula is C19H22. The van der Waals surface area contributed by atoms with Crippen molar-refractivity contribution in [1.82, 2.24) is 0 Å². The van der Waals surface area contributed by atoms with Gasteiger partial charge < -0.3 is 0 Å². The molecule has 0 aromatic heterocycles. The number of rotatable bonds is 0. The molecule has 0 N–H and O–H groups in total. The highest BCUT2D eigenvalue weighted by atomic mass is 14.1. The van der Waals surface area contributed by atoms with E-state index >= 15 is 0 Å². The van der Waals surface area contributed by atoms with Crippen molar-refractivity contribution in [2.75, 3.05) is 0 Å². The lowest BCUT2D eigenvalue weighted by Crippen LogP contribution is -1.98. The predicted molar refractivity (Wildman–Crippen MR) is 81.8 cm³/mol. The summed E-state index contributed by atoms with van der Waals surface area (Å²) in [6, 6.07) is 13.7. The van der Waals surface area contributed by atoms with Crippen LogP contribution in [0.5, 0.6) is 0 Å². The fourth-order valence-electron chi connectivity index (χ4n) is 3.30. The third-order valence-electron chi connectivity index (χ3n) is 4.67. The first-order valence-corrected chi connectivity index (χ1v) is 7.40. The predicted octanol–water partition coefficient (Wildman–Crippen LogP) is 4.58. The van der Waals surface area contributed by atoms with Gasteiger partial charge in [-0.15, -0.1) is 0 Å². The van der Waals surface area contributed by atoms with Crippen LogP contribution in [0.2, 0.25) is 0 Å². The maximum Gasteiger partial charge on any atom is -0.0235 e. The highest BCUT2D eigenvalue weighted by Crippen LogP contribution is 2.23. The summed E-state index contributed by atoms with van der Waals surface area (Å²) in [7, 11) is 0. The fraction of sp³-hybridized carbons (Fsp3) is 0.368. The summed E-state index contributed by atoms with van der Waals surface area (Å²) >= 11 is 0. The van der Waals surface area contributed by atoms with Crippen LogP contribution in [0.1, 0.15) is 39.8 Å². The molecule has 1 aliphatic rings. The molecule has 0 saturated carbocycles. The van der Waals surface area contributed by atoms with Gasteiger partial charge in [0.15, 0.2) is 0 Å². The van der Waals surface area contributed by atoms with Crippen molar-refractivity contribution < 1.29 is 0 Å². The zero-order valence-electron chi connectivity index (χ0n) is 12.0. The van der Waals surface area contributed by atoms with E-state index in [4.69, 9.17) is 0 Å². The zero-order chi connectivity index (χ0) is 13.2. The lowest BCUT2D eigenvalue weighted by Gasteiger charge is -2.11. The second-order valence-electron chi connectivity index (χ2n) is 5.76. The van der Waals surface area contributed by atoms with Gasteiger partial charge in [-0.05, 0) is 79.3 Å². The second-order valence-corrected chi connectivity index (χ2v) is 5.76. The topological polar surface area (TPSA) is 0 Å². The Balaban J connectivity index is 2.02. The van der Waals surface area contributed by atoms with Crippen molar-refractivity contribution in [1.29, 1.82) is 0 Å². The highest BCUT2D eigenvalue weighted by Gasteiger charge is 2.10. The Hall–Kier alpha value is -1.56. The molecule has 3 rings (SSSR count). The van der Waals surface area contributed by atoms with Crippen molar-refractivity contribution in [3.63, 3.8) is 0 Å². The van der Waals surface area contributed by atoms with Crippen LogP contribution in [-0.4, -0.2) is 0 Å². The van der Waals surface area contributed by atoms with E-state index in [2.05, 4.69) is 50.2 Å². The minimum Gasteiger partial charge on any atom is -0.0617 e. The van der Waals surface area contributed by atoms with Crippen LogP contribution in [0.25, 0.3) is 0 Å². The van der Waals surface area contributed by atoms with Gasteiger partial charge in [0.05, 0.1) is 0 Å². The van der Waals surface area contributed by atoms with Gasteiger partial charge in [0, 0.05) is 0 Å². The first kappa shape index (κ1) is 12.5. The minimum atomic E-state index is 1.17. The van der Waals surface area contributed by atoms with Gasteiger partial charge in [-0.3, -0.25) is 0 Å². The molecule has 0 aliphatic heterocycles. The molecule has 0 nitrogen and oxygen atoms in total. The standard InChI is InChI=1S/C19H22/c1-14-16-6-3-7-17-9-5-11-19(15(17)2)13-12-18(14)10-4-8-16/h4-5,8-11H,3,6-7,12-13H2,1-2H3. The molecule has 0 heteroatoms. The molecule has 0 spiro atoms. The quantitative estimate of drug-likeness (QED) is 0.642.